The molecule has 2 atom stereocenters. The highest BCUT2D eigenvalue weighted by Crippen LogP contribution is 2.64. The van der Waals surface area contributed by atoms with Crippen molar-refractivity contribution in [3.05, 3.63) is 35.5 Å². The predicted octanol–water partition coefficient (Wildman–Crippen LogP) is 4.43. The number of rotatable bonds is 5. The number of fused-ring (bicyclic) bond motifs is 2. The number of anilines is 1. The van der Waals surface area contributed by atoms with Gasteiger partial charge in [-0.2, -0.15) is 13.5 Å². The summed E-state index contributed by atoms with van der Waals surface area (Å²) in [5.41, 5.74) is 3.69. The van der Waals surface area contributed by atoms with Crippen molar-refractivity contribution in [2.75, 3.05) is 11.2 Å². The third-order valence-electron chi connectivity index (χ3n) is 6.54. The van der Waals surface area contributed by atoms with Crippen LogP contribution in [0.4, 0.5) is 9.52 Å². The van der Waals surface area contributed by atoms with Crippen LogP contribution in [0.1, 0.15) is 33.1 Å². The van der Waals surface area contributed by atoms with E-state index in [2.05, 4.69) is 29.4 Å². The fourth-order valence-corrected chi connectivity index (χ4v) is 6.79. The van der Waals surface area contributed by atoms with Crippen molar-refractivity contribution in [1.29, 1.82) is 0 Å². The first-order chi connectivity index (χ1) is 13.1. The van der Waals surface area contributed by atoms with Crippen LogP contribution >= 0.6 is 11.3 Å². The summed E-state index contributed by atoms with van der Waals surface area (Å²) in [6, 6.07) is 6.43. The fraction of sp³-hybridized carbons (Fsp3) is 0.474. The van der Waals surface area contributed by atoms with Crippen LogP contribution in [0.5, 0.6) is 0 Å². The molecule has 4 rings (SSSR count). The van der Waals surface area contributed by atoms with Crippen LogP contribution in [0.3, 0.4) is 0 Å². The van der Waals surface area contributed by atoms with E-state index in [4.69, 9.17) is 0 Å². The summed E-state index contributed by atoms with van der Waals surface area (Å²) >= 11 is 1.30. The van der Waals surface area contributed by atoms with Gasteiger partial charge in [0.05, 0.1) is 11.4 Å². The van der Waals surface area contributed by atoms with Crippen LogP contribution in [0, 0.1) is 22.6 Å². The third-order valence-corrected chi connectivity index (χ3v) is 8.14. The van der Waals surface area contributed by atoms with Gasteiger partial charge in [-0.25, -0.2) is 9.37 Å². The first-order valence-corrected chi connectivity index (χ1v) is 11.6. The molecule has 2 aromatic rings. The molecule has 2 unspecified atom stereocenters. The molecule has 6 nitrogen and oxygen atoms in total. The maximum Gasteiger partial charge on any atom is 0.265 e. The number of thiazole rings is 1. The van der Waals surface area contributed by atoms with E-state index in [1.807, 2.05) is 0 Å². The Hall–Kier alpha value is -1.84. The largest absolute Gasteiger partial charge is 0.286 e. The Morgan fingerprint density at radius 2 is 2.14 bits per heavy atom. The van der Waals surface area contributed by atoms with Gasteiger partial charge in [0.2, 0.25) is 5.13 Å². The van der Waals surface area contributed by atoms with Crippen molar-refractivity contribution < 1.29 is 17.4 Å². The molecular formula is C19H22FN3O3S2. The van der Waals surface area contributed by atoms with Crippen LogP contribution in [-0.4, -0.2) is 29.4 Å². The van der Waals surface area contributed by atoms with Crippen LogP contribution in [0.2, 0.25) is 0 Å². The first kappa shape index (κ1) is 19.5. The Bertz CT molecular complexity index is 1050. The van der Waals surface area contributed by atoms with E-state index in [-0.39, 0.29) is 17.0 Å². The molecule has 2 aliphatic carbocycles. The Morgan fingerprint density at radius 3 is 2.82 bits per heavy atom. The van der Waals surface area contributed by atoms with Gasteiger partial charge in [0.25, 0.3) is 10.1 Å². The van der Waals surface area contributed by atoms with Gasteiger partial charge < -0.3 is 0 Å². The van der Waals surface area contributed by atoms with Gasteiger partial charge in [-0.3, -0.25) is 9.98 Å². The van der Waals surface area contributed by atoms with Crippen molar-refractivity contribution in [3.8, 4) is 11.3 Å². The zero-order chi connectivity index (χ0) is 20.2. The summed E-state index contributed by atoms with van der Waals surface area (Å²) in [5.74, 6) is -0.324. The lowest BCUT2D eigenvalue weighted by molar-refractivity contribution is 0.193. The summed E-state index contributed by atoms with van der Waals surface area (Å²) in [4.78, 5) is 4.39. The predicted molar refractivity (Wildman–Crippen MR) is 109 cm³/mol. The molecule has 2 aliphatic rings. The molecule has 9 heteroatoms. The fourth-order valence-electron chi connectivity index (χ4n) is 4.84. The molecule has 2 fully saturated rings. The molecule has 2 bridgehead atoms. The molecule has 0 amide bonds. The summed E-state index contributed by atoms with van der Waals surface area (Å²) in [7, 11) is -4.14. The Kier molecular flexibility index (Phi) is 4.59. The minimum atomic E-state index is -4.14. The average molecular weight is 424 g/mol. The van der Waals surface area contributed by atoms with Crippen molar-refractivity contribution >= 4 is 32.3 Å². The van der Waals surface area contributed by atoms with Crippen LogP contribution in [0.15, 0.2) is 34.7 Å². The lowest BCUT2D eigenvalue weighted by Gasteiger charge is -2.37. The molecule has 28 heavy (non-hydrogen) atoms. The maximum absolute atomic E-state index is 13.9. The number of nitrogens with one attached hydrogen (secondary N) is 1. The second-order valence-electron chi connectivity index (χ2n) is 8.16. The van der Waals surface area contributed by atoms with Crippen molar-refractivity contribution in [2.24, 2.45) is 21.8 Å². The molecular weight excluding hydrogens is 401 g/mol. The highest BCUT2D eigenvalue weighted by atomic mass is 32.2. The number of benzene rings is 1. The van der Waals surface area contributed by atoms with Gasteiger partial charge in [-0.15, -0.1) is 11.3 Å². The maximum atomic E-state index is 13.9. The molecule has 0 aliphatic heterocycles. The molecule has 0 radical (unpaired) electrons. The van der Waals surface area contributed by atoms with E-state index < -0.39 is 15.5 Å². The minimum Gasteiger partial charge on any atom is -0.286 e. The Balaban J connectivity index is 1.61. The Morgan fingerprint density at radius 1 is 1.39 bits per heavy atom. The lowest BCUT2D eigenvalue weighted by atomic mass is 9.70. The molecule has 2 saturated carbocycles. The quantitative estimate of drug-likeness (QED) is 0.548. The second-order valence-corrected chi connectivity index (χ2v) is 10.5. The molecule has 2 N–H and O–H groups in total. The zero-order valence-electron chi connectivity index (χ0n) is 15.6. The minimum absolute atomic E-state index is 0.259. The van der Waals surface area contributed by atoms with E-state index in [1.165, 1.54) is 17.4 Å². The molecule has 1 aromatic carbocycles. The number of nitrogens with zero attached hydrogens (tertiary/aromatic N) is 2. The molecule has 0 spiro atoms. The summed E-state index contributed by atoms with van der Waals surface area (Å²) < 4.78 is 46.9. The van der Waals surface area contributed by atoms with Crippen molar-refractivity contribution in [1.82, 2.24) is 4.98 Å². The number of hydrogen-bond acceptors (Lipinski definition) is 6. The summed E-state index contributed by atoms with van der Waals surface area (Å²) in [6.45, 7) is 4.11. The molecule has 150 valence electrons. The standard InChI is InChI=1S/C19H22FN3O3S2/c1-18(2)12-7-8-19(18,11-28(24,25)26)16(9-12)22-23-17-21-15(10-27-17)13-5-3-4-6-14(13)20/h3-6,10,12H,7-9,11H2,1-2H3,(H,21,23)(H,24,25,26). The van der Waals surface area contributed by atoms with Gasteiger partial charge in [-0.1, -0.05) is 26.0 Å². The highest BCUT2D eigenvalue weighted by molar-refractivity contribution is 7.85. The van der Waals surface area contributed by atoms with Crippen LogP contribution < -0.4 is 5.43 Å². The molecule has 0 saturated heterocycles. The second kappa shape index (κ2) is 6.60. The van der Waals surface area contributed by atoms with Crippen LogP contribution in [0.25, 0.3) is 11.3 Å². The van der Waals surface area contributed by atoms with Crippen molar-refractivity contribution in [2.45, 2.75) is 33.1 Å². The van der Waals surface area contributed by atoms with Gasteiger partial charge in [0.1, 0.15) is 5.82 Å². The summed E-state index contributed by atoms with van der Waals surface area (Å²) in [6.07, 6.45) is 2.31. The van der Waals surface area contributed by atoms with Crippen LogP contribution in [-0.2, 0) is 10.1 Å². The number of aromatic nitrogens is 1. The van der Waals surface area contributed by atoms with E-state index in [9.17, 15) is 17.4 Å². The molecule has 1 heterocycles. The van der Waals surface area contributed by atoms with E-state index >= 15 is 0 Å². The van der Waals surface area contributed by atoms with Gasteiger partial charge >= 0.3 is 0 Å². The number of halogens is 1. The highest BCUT2D eigenvalue weighted by Gasteiger charge is 2.64. The van der Waals surface area contributed by atoms with E-state index in [0.29, 0.717) is 35.1 Å². The third kappa shape index (κ3) is 3.15. The van der Waals surface area contributed by atoms with Gasteiger partial charge in [-0.05, 0) is 42.7 Å². The monoisotopic (exact) mass is 423 g/mol. The van der Waals surface area contributed by atoms with Gasteiger partial charge in [0.15, 0.2) is 0 Å². The zero-order valence-corrected chi connectivity index (χ0v) is 17.3. The number of hydrazone groups is 1. The van der Waals surface area contributed by atoms with E-state index in [1.54, 1.807) is 23.6 Å². The topological polar surface area (TPSA) is 91.7 Å². The number of hydrogen-bond donors (Lipinski definition) is 2. The smallest absolute Gasteiger partial charge is 0.265 e. The lowest BCUT2D eigenvalue weighted by Crippen LogP contribution is -2.42. The summed E-state index contributed by atoms with van der Waals surface area (Å²) in [5, 5.41) is 6.76. The van der Waals surface area contributed by atoms with Gasteiger partial charge in [0, 0.05) is 22.1 Å². The average Bonchev–Trinajstić information content (AvgIpc) is 3.22. The first-order valence-electron chi connectivity index (χ1n) is 9.11. The normalized spacial score (nSPS) is 27.4. The van der Waals surface area contributed by atoms with Crippen molar-refractivity contribution in [3.63, 3.8) is 0 Å². The van der Waals surface area contributed by atoms with E-state index in [0.717, 1.165) is 12.1 Å². The molecule has 1 aromatic heterocycles. The Labute approximate surface area is 167 Å². The SMILES string of the molecule is CC1(C)C2CCC1(CS(=O)(=O)O)C(=NNc1nc(-c3ccccc3F)cs1)C2.